The van der Waals surface area contributed by atoms with Crippen LogP contribution in [0.5, 0.6) is 0 Å². The van der Waals surface area contributed by atoms with Crippen LogP contribution in [0, 0.1) is 5.82 Å². The molecule has 8 nitrogen and oxygen atoms in total. The first-order chi connectivity index (χ1) is 12.0. The van der Waals surface area contributed by atoms with Crippen LogP contribution in [0.15, 0.2) is 41.5 Å². The Hall–Kier alpha value is -3.23. The van der Waals surface area contributed by atoms with Crippen LogP contribution in [0.1, 0.15) is 11.4 Å². The van der Waals surface area contributed by atoms with Gasteiger partial charge >= 0.3 is 6.09 Å². The molecule has 0 aliphatic heterocycles. The van der Waals surface area contributed by atoms with Gasteiger partial charge in [0.1, 0.15) is 12.4 Å². The maximum absolute atomic E-state index is 12.9. The van der Waals surface area contributed by atoms with Crippen molar-refractivity contribution < 1.29 is 13.9 Å². The summed E-state index contributed by atoms with van der Waals surface area (Å²) < 4.78 is 21.0. The fourth-order valence-corrected chi connectivity index (χ4v) is 2.24. The minimum Gasteiger partial charge on any atom is -0.445 e. The first-order valence-corrected chi connectivity index (χ1v) is 7.47. The number of rotatable bonds is 4. The van der Waals surface area contributed by atoms with Gasteiger partial charge in [0.25, 0.3) is 5.56 Å². The molecule has 25 heavy (non-hydrogen) atoms. The third-order valence-corrected chi connectivity index (χ3v) is 3.68. The summed E-state index contributed by atoms with van der Waals surface area (Å²) in [5.74, 6) is 0.0888. The summed E-state index contributed by atoms with van der Waals surface area (Å²) in [4.78, 5) is 25.3. The van der Waals surface area contributed by atoms with E-state index < -0.39 is 6.09 Å². The summed E-state index contributed by atoms with van der Waals surface area (Å²) in [6, 6.07) is 5.69. The van der Waals surface area contributed by atoms with Gasteiger partial charge in [-0.2, -0.15) is 0 Å². The van der Waals surface area contributed by atoms with Gasteiger partial charge in [-0.25, -0.2) is 9.18 Å². The number of halogens is 1. The van der Waals surface area contributed by atoms with Gasteiger partial charge in [0.2, 0.25) is 5.65 Å². The zero-order valence-electron chi connectivity index (χ0n) is 13.7. The summed E-state index contributed by atoms with van der Waals surface area (Å²) in [6.45, 7) is 0.154. The lowest BCUT2D eigenvalue weighted by Gasteiger charge is -2.16. The monoisotopic (exact) mass is 345 g/mol. The molecular weight excluding hydrogens is 329 g/mol. The topological polar surface area (TPSA) is 81.7 Å². The van der Waals surface area contributed by atoms with Crippen molar-refractivity contribution in [1.82, 2.24) is 24.1 Å². The minimum absolute atomic E-state index is 0.0323. The Kier molecular flexibility index (Phi) is 4.46. The van der Waals surface area contributed by atoms with Crippen LogP contribution in [0.2, 0.25) is 0 Å². The molecule has 0 bridgehead atoms. The van der Waals surface area contributed by atoms with Gasteiger partial charge < -0.3 is 14.2 Å². The van der Waals surface area contributed by atoms with Crippen molar-refractivity contribution in [3.8, 4) is 0 Å². The highest BCUT2D eigenvalue weighted by Crippen LogP contribution is 2.07. The van der Waals surface area contributed by atoms with Gasteiger partial charge in [0.15, 0.2) is 5.82 Å². The van der Waals surface area contributed by atoms with Crippen LogP contribution in [-0.2, 0) is 24.9 Å². The van der Waals surface area contributed by atoms with Gasteiger partial charge in [-0.3, -0.25) is 9.20 Å². The Morgan fingerprint density at radius 3 is 2.68 bits per heavy atom. The minimum atomic E-state index is -0.565. The normalized spacial score (nSPS) is 10.8. The van der Waals surface area contributed by atoms with Gasteiger partial charge in [0, 0.05) is 26.5 Å². The molecule has 2 heterocycles. The molecule has 9 heteroatoms. The van der Waals surface area contributed by atoms with Crippen molar-refractivity contribution in [3.63, 3.8) is 0 Å². The smallest absolute Gasteiger partial charge is 0.410 e. The molecular formula is C16H16FN5O3. The molecule has 0 saturated heterocycles. The standard InChI is InChI=1S/C16H16FN5O3/c1-20-7-8-22-13(18-19-14(22)15(20)23)9-21(2)16(24)25-10-11-3-5-12(17)6-4-11/h3-8H,9-10H2,1-2H3. The van der Waals surface area contributed by atoms with Crippen LogP contribution in [0.3, 0.4) is 0 Å². The largest absolute Gasteiger partial charge is 0.445 e. The van der Waals surface area contributed by atoms with Crippen molar-refractivity contribution in [2.24, 2.45) is 7.05 Å². The highest BCUT2D eigenvalue weighted by molar-refractivity contribution is 5.67. The Morgan fingerprint density at radius 1 is 1.24 bits per heavy atom. The molecule has 130 valence electrons. The van der Waals surface area contributed by atoms with Crippen molar-refractivity contribution in [2.45, 2.75) is 13.2 Å². The van der Waals surface area contributed by atoms with Crippen LogP contribution >= 0.6 is 0 Å². The number of aromatic nitrogens is 4. The molecule has 2 aromatic heterocycles. The lowest BCUT2D eigenvalue weighted by Crippen LogP contribution is -2.28. The fraction of sp³-hybridized carbons (Fsp3) is 0.250. The van der Waals surface area contributed by atoms with E-state index in [1.165, 1.54) is 26.0 Å². The number of carbonyl (C=O) groups excluding carboxylic acids is 1. The first kappa shape index (κ1) is 16.6. The van der Waals surface area contributed by atoms with Crippen molar-refractivity contribution in [2.75, 3.05) is 7.05 Å². The van der Waals surface area contributed by atoms with Gasteiger partial charge in [-0.15, -0.1) is 10.2 Å². The van der Waals surface area contributed by atoms with Crippen LogP contribution < -0.4 is 5.56 Å². The zero-order chi connectivity index (χ0) is 18.0. The van der Waals surface area contributed by atoms with E-state index in [1.54, 1.807) is 38.6 Å². The van der Waals surface area contributed by atoms with Gasteiger partial charge in [-0.05, 0) is 17.7 Å². The van der Waals surface area contributed by atoms with Gasteiger partial charge in [0.05, 0.1) is 6.54 Å². The molecule has 0 N–H and O–H groups in total. The number of hydrogen-bond donors (Lipinski definition) is 0. The Bertz CT molecular complexity index is 964. The molecule has 0 atom stereocenters. The third-order valence-electron chi connectivity index (χ3n) is 3.68. The van der Waals surface area contributed by atoms with E-state index in [9.17, 15) is 14.0 Å². The van der Waals surface area contributed by atoms with E-state index in [4.69, 9.17) is 4.74 Å². The fourth-order valence-electron chi connectivity index (χ4n) is 2.24. The molecule has 0 fully saturated rings. The molecule has 0 spiro atoms. The highest BCUT2D eigenvalue weighted by atomic mass is 19.1. The SMILES string of the molecule is CN(Cc1nnc2c(=O)n(C)ccn12)C(=O)OCc1ccc(F)cc1. The molecule has 0 saturated carbocycles. The average Bonchev–Trinajstić information content (AvgIpc) is 3.01. The Balaban J connectivity index is 1.66. The van der Waals surface area contributed by atoms with E-state index in [0.29, 0.717) is 11.4 Å². The van der Waals surface area contributed by atoms with Crippen LogP contribution in [0.25, 0.3) is 5.65 Å². The summed E-state index contributed by atoms with van der Waals surface area (Å²) in [5.41, 5.74) is 0.593. The maximum atomic E-state index is 12.9. The second kappa shape index (κ2) is 6.71. The number of carbonyl (C=O) groups is 1. The number of ether oxygens (including phenoxy) is 1. The van der Waals surface area contributed by atoms with Gasteiger partial charge in [-0.1, -0.05) is 12.1 Å². The molecule has 3 rings (SSSR count). The Labute approximate surface area is 142 Å². The highest BCUT2D eigenvalue weighted by Gasteiger charge is 2.16. The summed E-state index contributed by atoms with van der Waals surface area (Å²) in [6.07, 6.45) is 2.68. The van der Waals surface area contributed by atoms with E-state index in [-0.39, 0.29) is 30.2 Å². The van der Waals surface area contributed by atoms with E-state index in [0.717, 1.165) is 0 Å². The molecule has 0 unspecified atom stereocenters. The number of hydrogen-bond acceptors (Lipinski definition) is 5. The predicted octanol–water partition coefficient (Wildman–Crippen LogP) is 1.34. The summed E-state index contributed by atoms with van der Waals surface area (Å²) in [7, 11) is 3.17. The average molecular weight is 345 g/mol. The predicted molar refractivity (Wildman–Crippen MR) is 86.3 cm³/mol. The molecule has 1 amide bonds. The lowest BCUT2D eigenvalue weighted by atomic mass is 10.2. The van der Waals surface area contributed by atoms with E-state index in [2.05, 4.69) is 10.2 Å². The van der Waals surface area contributed by atoms with Crippen LogP contribution in [0.4, 0.5) is 9.18 Å². The second-order valence-electron chi connectivity index (χ2n) is 5.56. The van der Waals surface area contributed by atoms with Crippen molar-refractivity contribution in [1.29, 1.82) is 0 Å². The second-order valence-corrected chi connectivity index (χ2v) is 5.56. The van der Waals surface area contributed by atoms with Crippen LogP contribution in [-0.4, -0.2) is 37.2 Å². The lowest BCUT2D eigenvalue weighted by molar-refractivity contribution is 0.102. The number of amides is 1. The number of benzene rings is 1. The molecule has 1 aromatic carbocycles. The van der Waals surface area contributed by atoms with Crippen molar-refractivity contribution in [3.05, 3.63) is 64.2 Å². The third kappa shape index (κ3) is 3.49. The molecule has 0 aliphatic rings. The summed E-state index contributed by atoms with van der Waals surface area (Å²) >= 11 is 0. The molecule has 0 aliphatic carbocycles. The van der Waals surface area contributed by atoms with Crippen molar-refractivity contribution >= 4 is 11.7 Å². The quantitative estimate of drug-likeness (QED) is 0.713. The molecule has 3 aromatic rings. The van der Waals surface area contributed by atoms with E-state index in [1.807, 2.05) is 0 Å². The number of nitrogens with zero attached hydrogens (tertiary/aromatic N) is 5. The maximum Gasteiger partial charge on any atom is 0.410 e. The molecule has 0 radical (unpaired) electrons. The number of fused-ring (bicyclic) bond motifs is 1. The first-order valence-electron chi connectivity index (χ1n) is 7.47. The Morgan fingerprint density at radius 2 is 1.96 bits per heavy atom. The zero-order valence-corrected chi connectivity index (χ0v) is 13.7. The number of aryl methyl sites for hydroxylation is 1. The summed E-state index contributed by atoms with van der Waals surface area (Å²) in [5, 5.41) is 7.81. The van der Waals surface area contributed by atoms with E-state index >= 15 is 0 Å².